The van der Waals surface area contributed by atoms with Gasteiger partial charge in [-0.1, -0.05) is 35.0 Å². The standard InChI is InChI=1S/C27H21ClN6O3/c1-13-11-20(34-25(15-7-8-15)31-23-17(28)9-10-29-26(23)34)30-18-12-36-19-6-4-3-5-16(19)22(21(13)18)14(2)24-32-27(35)37-33-24/h3-6,9-11,15H,7-8,12H2,1-2H3,(H,32,33,35)/b22-14-. The minimum absolute atomic E-state index is 0.271. The first-order valence-corrected chi connectivity index (χ1v) is 12.4. The van der Waals surface area contributed by atoms with Crippen molar-refractivity contribution in [1.29, 1.82) is 0 Å². The molecule has 9 nitrogen and oxygen atoms in total. The highest BCUT2D eigenvalue weighted by Gasteiger charge is 2.32. The monoisotopic (exact) mass is 512 g/mol. The van der Waals surface area contributed by atoms with E-state index in [-0.39, 0.29) is 6.61 Å². The molecular formula is C27H21ClN6O3. The van der Waals surface area contributed by atoms with E-state index in [1.54, 1.807) is 12.3 Å². The second-order valence-electron chi connectivity index (χ2n) is 9.39. The Morgan fingerprint density at radius 2 is 2.03 bits per heavy atom. The van der Waals surface area contributed by atoms with Crippen LogP contribution in [0.15, 0.2) is 51.9 Å². The Bertz CT molecular complexity index is 1810. The molecule has 5 aromatic rings. The number of aryl methyl sites for hydroxylation is 1. The summed E-state index contributed by atoms with van der Waals surface area (Å²) in [7, 11) is 0. The quantitative estimate of drug-likeness (QED) is 0.353. The van der Waals surface area contributed by atoms with E-state index in [0.29, 0.717) is 27.9 Å². The van der Waals surface area contributed by atoms with Crippen molar-refractivity contribution in [2.75, 3.05) is 0 Å². The summed E-state index contributed by atoms with van der Waals surface area (Å²) in [5, 5.41) is 4.51. The summed E-state index contributed by atoms with van der Waals surface area (Å²) in [6.45, 7) is 4.22. The molecule has 0 radical (unpaired) electrons. The van der Waals surface area contributed by atoms with Crippen LogP contribution in [0.4, 0.5) is 0 Å². The Kier molecular flexibility index (Phi) is 4.84. The first-order chi connectivity index (χ1) is 18.0. The Labute approximate surface area is 215 Å². The van der Waals surface area contributed by atoms with Crippen molar-refractivity contribution in [2.24, 2.45) is 0 Å². The lowest BCUT2D eigenvalue weighted by molar-refractivity contribution is 0.302. The Morgan fingerprint density at radius 1 is 1.19 bits per heavy atom. The molecule has 5 heterocycles. The maximum Gasteiger partial charge on any atom is 0.439 e. The zero-order chi connectivity index (χ0) is 25.3. The zero-order valence-electron chi connectivity index (χ0n) is 20.1. The molecule has 4 aromatic heterocycles. The molecule has 7 rings (SSSR count). The molecule has 2 aliphatic rings. The van der Waals surface area contributed by atoms with Gasteiger partial charge >= 0.3 is 5.76 Å². The van der Waals surface area contributed by atoms with Crippen LogP contribution in [-0.4, -0.2) is 29.7 Å². The van der Waals surface area contributed by atoms with E-state index in [4.69, 9.17) is 30.8 Å². The van der Waals surface area contributed by atoms with Crippen molar-refractivity contribution in [3.63, 3.8) is 0 Å². The summed E-state index contributed by atoms with van der Waals surface area (Å²) in [4.78, 5) is 29.0. The minimum Gasteiger partial charge on any atom is -0.487 e. The van der Waals surface area contributed by atoms with Crippen LogP contribution in [0.1, 0.15) is 59.7 Å². The van der Waals surface area contributed by atoms with Crippen LogP contribution in [0.2, 0.25) is 5.02 Å². The fourth-order valence-electron chi connectivity index (χ4n) is 5.06. The first kappa shape index (κ1) is 22.0. The highest BCUT2D eigenvalue weighted by Crippen LogP contribution is 2.44. The lowest BCUT2D eigenvalue weighted by atomic mass is 9.89. The lowest BCUT2D eigenvalue weighted by Gasteiger charge is -2.17. The van der Waals surface area contributed by atoms with Crippen LogP contribution in [0.5, 0.6) is 5.75 Å². The van der Waals surface area contributed by atoms with Gasteiger partial charge in [0, 0.05) is 34.4 Å². The van der Waals surface area contributed by atoms with Gasteiger partial charge in [-0.15, -0.1) is 0 Å². The fourth-order valence-corrected chi connectivity index (χ4v) is 5.24. The average molecular weight is 513 g/mol. The van der Waals surface area contributed by atoms with Gasteiger partial charge in [0.2, 0.25) is 0 Å². The van der Waals surface area contributed by atoms with E-state index < -0.39 is 5.76 Å². The number of para-hydroxylation sites is 1. The highest BCUT2D eigenvalue weighted by atomic mass is 35.5. The molecule has 1 aromatic carbocycles. The van der Waals surface area contributed by atoms with E-state index in [1.165, 1.54) is 0 Å². The number of aromatic amines is 1. The molecule has 1 aliphatic carbocycles. The van der Waals surface area contributed by atoms with Crippen molar-refractivity contribution >= 4 is 33.9 Å². The number of pyridine rings is 2. The summed E-state index contributed by atoms with van der Waals surface area (Å²) >= 11 is 6.49. The molecule has 0 amide bonds. The molecule has 1 fully saturated rings. The molecule has 0 unspecified atom stereocenters. The van der Waals surface area contributed by atoms with E-state index in [0.717, 1.165) is 63.8 Å². The number of hydrogen-bond donors (Lipinski definition) is 1. The molecule has 1 saturated carbocycles. The predicted octanol–water partition coefficient (Wildman–Crippen LogP) is 5.20. The molecule has 1 aliphatic heterocycles. The summed E-state index contributed by atoms with van der Waals surface area (Å²) < 4.78 is 13.1. The summed E-state index contributed by atoms with van der Waals surface area (Å²) in [6, 6.07) is 11.6. The fraction of sp³-hybridized carbons (Fsp3) is 0.222. The number of nitrogens with zero attached hydrogens (tertiary/aromatic N) is 5. The summed E-state index contributed by atoms with van der Waals surface area (Å²) in [5.74, 6) is 2.48. The Balaban J connectivity index is 1.50. The number of imidazole rings is 1. The smallest absolute Gasteiger partial charge is 0.439 e. The predicted molar refractivity (Wildman–Crippen MR) is 138 cm³/mol. The number of hydrogen-bond acceptors (Lipinski definition) is 7. The number of rotatable bonds is 3. The number of fused-ring (bicyclic) bond motifs is 3. The van der Waals surface area contributed by atoms with Crippen molar-refractivity contribution in [2.45, 2.75) is 39.2 Å². The van der Waals surface area contributed by atoms with Crippen LogP contribution in [0.25, 0.3) is 28.1 Å². The molecule has 10 heteroatoms. The molecule has 1 N–H and O–H groups in total. The van der Waals surface area contributed by atoms with Gasteiger partial charge in [0.25, 0.3) is 0 Å². The third-order valence-electron chi connectivity index (χ3n) is 6.91. The van der Waals surface area contributed by atoms with Gasteiger partial charge in [0.1, 0.15) is 29.5 Å². The molecular weight excluding hydrogens is 492 g/mol. The summed E-state index contributed by atoms with van der Waals surface area (Å²) in [6.07, 6.45) is 3.84. The SMILES string of the molecule is C/C(=C1\c2ccccc2OCc2nc(-n3c(C4CC4)nc4c(Cl)ccnc43)cc(C)c21)c1noc(=O)[nH]1. The number of allylic oxidation sites excluding steroid dienone is 1. The number of benzene rings is 1. The van der Waals surface area contributed by atoms with Crippen molar-refractivity contribution < 1.29 is 9.26 Å². The van der Waals surface area contributed by atoms with Gasteiger partial charge in [-0.05, 0) is 50.5 Å². The highest BCUT2D eigenvalue weighted by molar-refractivity contribution is 6.34. The zero-order valence-corrected chi connectivity index (χ0v) is 20.8. The largest absolute Gasteiger partial charge is 0.487 e. The third kappa shape index (κ3) is 3.49. The van der Waals surface area contributed by atoms with Gasteiger partial charge in [-0.3, -0.25) is 14.1 Å². The van der Waals surface area contributed by atoms with Crippen LogP contribution in [0, 0.1) is 6.92 Å². The molecule has 0 saturated heterocycles. The Hall–Kier alpha value is -4.24. The number of nitrogens with one attached hydrogen (secondary N) is 1. The molecule has 0 spiro atoms. The molecule has 184 valence electrons. The second-order valence-corrected chi connectivity index (χ2v) is 9.80. The number of halogens is 1. The van der Waals surface area contributed by atoms with Crippen LogP contribution >= 0.6 is 11.6 Å². The van der Waals surface area contributed by atoms with Crippen LogP contribution in [-0.2, 0) is 6.61 Å². The average Bonchev–Trinajstić information content (AvgIpc) is 3.56. The van der Waals surface area contributed by atoms with Gasteiger partial charge in [0.05, 0.1) is 10.7 Å². The first-order valence-electron chi connectivity index (χ1n) is 12.0. The topological polar surface area (TPSA) is 112 Å². The van der Waals surface area contributed by atoms with Crippen molar-refractivity contribution in [3.8, 4) is 11.6 Å². The maximum absolute atomic E-state index is 11.7. The molecule has 0 atom stereocenters. The van der Waals surface area contributed by atoms with Gasteiger partial charge in [-0.25, -0.2) is 19.7 Å². The molecule has 37 heavy (non-hydrogen) atoms. The van der Waals surface area contributed by atoms with Crippen molar-refractivity contribution in [1.82, 2.24) is 29.7 Å². The number of ether oxygens (including phenoxy) is 1. The van der Waals surface area contributed by atoms with E-state index in [9.17, 15) is 4.79 Å². The van der Waals surface area contributed by atoms with E-state index >= 15 is 0 Å². The minimum atomic E-state index is -0.607. The van der Waals surface area contributed by atoms with Crippen LogP contribution in [0.3, 0.4) is 0 Å². The second kappa shape index (κ2) is 8.14. The van der Waals surface area contributed by atoms with Gasteiger partial charge in [-0.2, -0.15) is 0 Å². The Morgan fingerprint density at radius 3 is 2.81 bits per heavy atom. The van der Waals surface area contributed by atoms with Gasteiger partial charge < -0.3 is 4.74 Å². The number of H-pyrrole nitrogens is 1. The van der Waals surface area contributed by atoms with E-state index in [2.05, 4.69) is 15.1 Å². The van der Waals surface area contributed by atoms with Crippen LogP contribution < -0.4 is 10.5 Å². The normalized spacial score (nSPS) is 16.2. The third-order valence-corrected chi connectivity index (χ3v) is 7.22. The van der Waals surface area contributed by atoms with Gasteiger partial charge in [0.15, 0.2) is 11.5 Å². The molecule has 0 bridgehead atoms. The summed E-state index contributed by atoms with van der Waals surface area (Å²) in [5.41, 5.74) is 6.56. The number of aromatic nitrogens is 6. The van der Waals surface area contributed by atoms with E-state index in [1.807, 2.05) is 48.7 Å². The maximum atomic E-state index is 11.7. The van der Waals surface area contributed by atoms with Crippen molar-refractivity contribution in [3.05, 3.63) is 92.2 Å². The lowest BCUT2D eigenvalue weighted by Crippen LogP contribution is -2.10.